The van der Waals surface area contributed by atoms with Gasteiger partial charge in [0, 0.05) is 32.3 Å². The van der Waals surface area contributed by atoms with Crippen LogP contribution in [0.15, 0.2) is 41.3 Å². The number of amides is 1. The van der Waals surface area contributed by atoms with Gasteiger partial charge in [-0.15, -0.1) is 0 Å². The third-order valence-corrected chi connectivity index (χ3v) is 4.56. The van der Waals surface area contributed by atoms with Gasteiger partial charge in [-0.3, -0.25) is 15.0 Å². The number of halogens is 2. The van der Waals surface area contributed by atoms with Gasteiger partial charge in [-0.05, 0) is 23.8 Å². The fourth-order valence-electron chi connectivity index (χ4n) is 2.97. The first-order chi connectivity index (χ1) is 12.0. The molecule has 1 saturated heterocycles. The second-order valence-electron chi connectivity index (χ2n) is 6.07. The minimum atomic E-state index is -0.429. The van der Waals surface area contributed by atoms with E-state index in [9.17, 15) is 14.0 Å². The third kappa shape index (κ3) is 3.89. The summed E-state index contributed by atoms with van der Waals surface area (Å²) in [6, 6.07) is 7.64. The van der Waals surface area contributed by atoms with Crippen LogP contribution in [0.4, 0.5) is 4.39 Å². The lowest BCUT2D eigenvalue weighted by molar-refractivity contribution is 0.0771. The Morgan fingerprint density at radius 3 is 2.76 bits per heavy atom. The minimum absolute atomic E-state index is 0.0207. The number of benzene rings is 1. The molecule has 8 heteroatoms. The summed E-state index contributed by atoms with van der Waals surface area (Å²) in [5, 5.41) is -0.0207. The SMILES string of the molecule is CN(CC1CNNC1c1ccc(F)cc1)C(=O)c1c[nH]c(=O)c(Cl)c1. The standard InChI is InChI=1S/C17H18ClFN4O2/c1-23(17(25)11-6-14(18)16(24)20-7-11)9-12-8-21-22-15(12)10-2-4-13(19)5-3-10/h2-7,12,15,21-22H,8-9H2,1H3,(H,20,24). The smallest absolute Gasteiger partial charge is 0.266 e. The van der Waals surface area contributed by atoms with E-state index in [0.717, 1.165) is 5.56 Å². The number of aromatic nitrogens is 1. The number of pyridine rings is 1. The quantitative estimate of drug-likeness (QED) is 0.771. The third-order valence-electron chi connectivity index (χ3n) is 4.28. The van der Waals surface area contributed by atoms with E-state index >= 15 is 0 Å². The van der Waals surface area contributed by atoms with Crippen molar-refractivity contribution in [3.05, 3.63) is 68.8 Å². The Kier molecular flexibility index (Phi) is 5.17. The van der Waals surface area contributed by atoms with E-state index < -0.39 is 5.56 Å². The molecule has 2 aromatic rings. The molecule has 132 valence electrons. The lowest BCUT2D eigenvalue weighted by Crippen LogP contribution is -2.35. The Labute approximate surface area is 149 Å². The predicted molar refractivity (Wildman–Crippen MR) is 92.8 cm³/mol. The van der Waals surface area contributed by atoms with Crippen LogP contribution in [0, 0.1) is 11.7 Å². The monoisotopic (exact) mass is 364 g/mol. The van der Waals surface area contributed by atoms with Crippen molar-refractivity contribution in [2.75, 3.05) is 20.1 Å². The maximum atomic E-state index is 13.1. The van der Waals surface area contributed by atoms with Gasteiger partial charge in [-0.1, -0.05) is 23.7 Å². The highest BCUT2D eigenvalue weighted by Gasteiger charge is 2.30. The van der Waals surface area contributed by atoms with Crippen LogP contribution in [-0.4, -0.2) is 35.9 Å². The minimum Gasteiger partial charge on any atom is -0.341 e. The molecule has 3 rings (SSSR count). The molecule has 1 amide bonds. The largest absolute Gasteiger partial charge is 0.341 e. The first kappa shape index (κ1) is 17.6. The molecule has 6 nitrogen and oxygen atoms in total. The maximum Gasteiger partial charge on any atom is 0.266 e. The van der Waals surface area contributed by atoms with E-state index in [-0.39, 0.29) is 28.7 Å². The normalized spacial score (nSPS) is 19.8. The Balaban J connectivity index is 1.71. The molecule has 0 spiro atoms. The molecule has 2 atom stereocenters. The van der Waals surface area contributed by atoms with Gasteiger partial charge < -0.3 is 9.88 Å². The number of nitrogens with one attached hydrogen (secondary N) is 3. The van der Waals surface area contributed by atoms with Crippen LogP contribution in [0.3, 0.4) is 0 Å². The summed E-state index contributed by atoms with van der Waals surface area (Å²) >= 11 is 5.78. The zero-order valence-electron chi connectivity index (χ0n) is 13.6. The highest BCUT2D eigenvalue weighted by atomic mass is 35.5. The number of hydrogen-bond donors (Lipinski definition) is 3. The van der Waals surface area contributed by atoms with Gasteiger partial charge in [0.1, 0.15) is 10.8 Å². The van der Waals surface area contributed by atoms with Crippen LogP contribution in [-0.2, 0) is 0 Å². The fourth-order valence-corrected chi connectivity index (χ4v) is 3.14. The van der Waals surface area contributed by atoms with E-state index in [4.69, 9.17) is 11.6 Å². The van der Waals surface area contributed by atoms with Crippen LogP contribution >= 0.6 is 11.6 Å². The first-order valence-corrected chi connectivity index (χ1v) is 8.21. The van der Waals surface area contributed by atoms with E-state index in [1.807, 2.05) is 0 Å². The number of hydrazine groups is 1. The Bertz CT molecular complexity index is 824. The van der Waals surface area contributed by atoms with E-state index in [1.54, 1.807) is 24.1 Å². The summed E-state index contributed by atoms with van der Waals surface area (Å²) in [5.74, 6) is -0.408. The molecule has 1 aromatic carbocycles. The van der Waals surface area contributed by atoms with Gasteiger partial charge in [0.2, 0.25) is 0 Å². The number of rotatable bonds is 4. The van der Waals surface area contributed by atoms with Crippen molar-refractivity contribution < 1.29 is 9.18 Å². The summed E-state index contributed by atoms with van der Waals surface area (Å²) < 4.78 is 13.1. The Morgan fingerprint density at radius 1 is 1.36 bits per heavy atom. The predicted octanol–water partition coefficient (Wildman–Crippen LogP) is 1.70. The molecular formula is C17H18ClFN4O2. The molecule has 2 unspecified atom stereocenters. The van der Waals surface area contributed by atoms with Crippen LogP contribution in [0.5, 0.6) is 0 Å². The van der Waals surface area contributed by atoms with Crippen molar-refractivity contribution >= 4 is 17.5 Å². The molecule has 2 heterocycles. The topological polar surface area (TPSA) is 77.2 Å². The van der Waals surface area contributed by atoms with Gasteiger partial charge in [0.05, 0.1) is 11.6 Å². The average Bonchev–Trinajstić information content (AvgIpc) is 3.05. The molecular weight excluding hydrogens is 347 g/mol. The van der Waals surface area contributed by atoms with Crippen LogP contribution in [0.1, 0.15) is 22.0 Å². The highest BCUT2D eigenvalue weighted by Crippen LogP contribution is 2.26. The van der Waals surface area contributed by atoms with Crippen molar-refractivity contribution in [2.45, 2.75) is 6.04 Å². The molecule has 3 N–H and O–H groups in total. The summed E-state index contributed by atoms with van der Waals surface area (Å²) in [7, 11) is 1.70. The number of aromatic amines is 1. The Morgan fingerprint density at radius 2 is 2.08 bits per heavy atom. The number of hydrogen-bond acceptors (Lipinski definition) is 4. The lowest BCUT2D eigenvalue weighted by atomic mass is 9.94. The van der Waals surface area contributed by atoms with Crippen molar-refractivity contribution in [1.29, 1.82) is 0 Å². The molecule has 1 aliphatic heterocycles. The van der Waals surface area contributed by atoms with E-state index in [1.165, 1.54) is 24.4 Å². The first-order valence-electron chi connectivity index (χ1n) is 7.83. The van der Waals surface area contributed by atoms with Crippen molar-refractivity contribution in [2.24, 2.45) is 5.92 Å². The number of nitrogens with zero attached hydrogens (tertiary/aromatic N) is 1. The molecule has 0 bridgehead atoms. The van der Waals surface area contributed by atoms with E-state index in [2.05, 4.69) is 15.8 Å². The second-order valence-corrected chi connectivity index (χ2v) is 6.47. The van der Waals surface area contributed by atoms with Crippen molar-refractivity contribution in [1.82, 2.24) is 20.7 Å². The molecule has 1 fully saturated rings. The number of carbonyl (C=O) groups excluding carboxylic acids is 1. The fraction of sp³-hybridized carbons (Fsp3) is 0.294. The van der Waals surface area contributed by atoms with Gasteiger partial charge in [0.15, 0.2) is 0 Å². The molecule has 1 aromatic heterocycles. The summed E-state index contributed by atoms with van der Waals surface area (Å²) in [6.45, 7) is 1.16. The van der Waals surface area contributed by atoms with Crippen LogP contribution < -0.4 is 16.4 Å². The van der Waals surface area contributed by atoms with Gasteiger partial charge in [0.25, 0.3) is 11.5 Å². The van der Waals surface area contributed by atoms with Crippen LogP contribution in [0.25, 0.3) is 0 Å². The highest BCUT2D eigenvalue weighted by molar-refractivity contribution is 6.30. The zero-order valence-corrected chi connectivity index (χ0v) is 14.3. The molecule has 0 radical (unpaired) electrons. The maximum absolute atomic E-state index is 13.1. The van der Waals surface area contributed by atoms with Crippen molar-refractivity contribution in [3.63, 3.8) is 0 Å². The molecule has 0 aliphatic carbocycles. The van der Waals surface area contributed by atoms with Crippen molar-refractivity contribution in [3.8, 4) is 0 Å². The van der Waals surface area contributed by atoms with Gasteiger partial charge >= 0.3 is 0 Å². The van der Waals surface area contributed by atoms with Crippen LogP contribution in [0.2, 0.25) is 5.02 Å². The summed E-state index contributed by atoms with van der Waals surface area (Å²) in [4.78, 5) is 27.9. The van der Waals surface area contributed by atoms with Gasteiger partial charge in [-0.25, -0.2) is 9.82 Å². The number of carbonyl (C=O) groups is 1. The average molecular weight is 365 g/mol. The zero-order chi connectivity index (χ0) is 18.0. The molecule has 25 heavy (non-hydrogen) atoms. The lowest BCUT2D eigenvalue weighted by Gasteiger charge is -2.25. The molecule has 1 aliphatic rings. The second kappa shape index (κ2) is 7.35. The Hall–Kier alpha value is -2.22. The van der Waals surface area contributed by atoms with E-state index in [0.29, 0.717) is 18.7 Å². The summed E-state index contributed by atoms with van der Waals surface area (Å²) in [6.07, 6.45) is 1.36. The number of H-pyrrole nitrogens is 1. The van der Waals surface area contributed by atoms with Gasteiger partial charge in [-0.2, -0.15) is 0 Å². The summed E-state index contributed by atoms with van der Waals surface area (Å²) in [5.41, 5.74) is 7.09. The molecule has 0 saturated carbocycles.